The third-order valence-electron chi connectivity index (χ3n) is 3.20. The van der Waals surface area contributed by atoms with Crippen LogP contribution in [0.2, 0.25) is 0 Å². The Morgan fingerprint density at radius 1 is 1.19 bits per heavy atom. The number of morpholine rings is 1. The van der Waals surface area contributed by atoms with Gasteiger partial charge in [-0.3, -0.25) is 0 Å². The molecule has 1 fully saturated rings. The Morgan fingerprint density at radius 3 is 2.38 bits per heavy atom. The molecule has 2 heteroatoms. The summed E-state index contributed by atoms with van der Waals surface area (Å²) in [7, 11) is 0. The molecule has 1 unspecified atom stereocenters. The number of hydrogen-bond donors (Lipinski definition) is 1. The Morgan fingerprint density at radius 2 is 1.81 bits per heavy atom. The monoisotopic (exact) mass is 219 g/mol. The van der Waals surface area contributed by atoms with E-state index in [4.69, 9.17) is 4.74 Å². The second-order valence-corrected chi connectivity index (χ2v) is 5.26. The topological polar surface area (TPSA) is 21.3 Å². The van der Waals surface area contributed by atoms with Gasteiger partial charge in [0.05, 0.1) is 18.2 Å². The molecule has 0 aromatic heterocycles. The normalized spacial score (nSPS) is 24.4. The van der Waals surface area contributed by atoms with Crippen LogP contribution in [-0.2, 0) is 4.74 Å². The molecule has 0 aliphatic carbocycles. The molecule has 1 N–H and O–H groups in total. The lowest BCUT2D eigenvalue weighted by Gasteiger charge is -2.40. The molecule has 2 nitrogen and oxygen atoms in total. The highest BCUT2D eigenvalue weighted by molar-refractivity contribution is 5.32. The first-order valence-corrected chi connectivity index (χ1v) is 5.94. The fourth-order valence-corrected chi connectivity index (χ4v) is 2.54. The molecule has 1 heterocycles. The SMILES string of the molecule is Cc1cc(C)cc(C2NCCOC2(C)C)c1. The maximum absolute atomic E-state index is 5.85. The van der Waals surface area contributed by atoms with Gasteiger partial charge in [0, 0.05) is 6.54 Å². The highest BCUT2D eigenvalue weighted by atomic mass is 16.5. The van der Waals surface area contributed by atoms with E-state index < -0.39 is 0 Å². The molecule has 0 saturated carbocycles. The molecule has 16 heavy (non-hydrogen) atoms. The van der Waals surface area contributed by atoms with Crippen LogP contribution in [0, 0.1) is 13.8 Å². The fraction of sp³-hybridized carbons (Fsp3) is 0.571. The number of nitrogens with one attached hydrogen (secondary N) is 1. The van der Waals surface area contributed by atoms with Crippen molar-refractivity contribution in [3.05, 3.63) is 34.9 Å². The number of rotatable bonds is 1. The second kappa shape index (κ2) is 4.19. The van der Waals surface area contributed by atoms with Crippen molar-refractivity contribution >= 4 is 0 Å². The lowest BCUT2D eigenvalue weighted by Crippen LogP contribution is -2.48. The van der Waals surface area contributed by atoms with Crippen LogP contribution in [0.1, 0.15) is 36.6 Å². The van der Waals surface area contributed by atoms with Crippen LogP contribution in [-0.4, -0.2) is 18.8 Å². The van der Waals surface area contributed by atoms with Gasteiger partial charge in [0.2, 0.25) is 0 Å². The molecular formula is C14H21NO. The minimum absolute atomic E-state index is 0.127. The third-order valence-corrected chi connectivity index (χ3v) is 3.20. The Bertz CT molecular complexity index is 364. The number of hydrogen-bond acceptors (Lipinski definition) is 2. The minimum atomic E-state index is -0.127. The maximum Gasteiger partial charge on any atom is 0.0821 e. The highest BCUT2D eigenvalue weighted by Crippen LogP contribution is 2.31. The average molecular weight is 219 g/mol. The molecule has 1 aliphatic heterocycles. The van der Waals surface area contributed by atoms with Crippen molar-refractivity contribution in [3.63, 3.8) is 0 Å². The summed E-state index contributed by atoms with van der Waals surface area (Å²) in [5.74, 6) is 0. The van der Waals surface area contributed by atoms with Crippen molar-refractivity contribution in [1.82, 2.24) is 5.32 Å². The molecular weight excluding hydrogens is 198 g/mol. The molecule has 2 rings (SSSR count). The Balaban J connectivity index is 2.34. The van der Waals surface area contributed by atoms with E-state index in [0.29, 0.717) is 6.04 Å². The second-order valence-electron chi connectivity index (χ2n) is 5.26. The van der Waals surface area contributed by atoms with Crippen LogP contribution in [0.4, 0.5) is 0 Å². The van der Waals surface area contributed by atoms with E-state index in [0.717, 1.165) is 13.2 Å². The predicted molar refractivity (Wildman–Crippen MR) is 66.7 cm³/mol. The summed E-state index contributed by atoms with van der Waals surface area (Å²) < 4.78 is 5.85. The van der Waals surface area contributed by atoms with E-state index in [2.05, 4.69) is 51.2 Å². The average Bonchev–Trinajstić information content (AvgIpc) is 2.15. The molecule has 1 saturated heterocycles. The first-order chi connectivity index (χ1) is 7.49. The van der Waals surface area contributed by atoms with Crippen molar-refractivity contribution < 1.29 is 4.74 Å². The molecule has 1 aliphatic rings. The standard InChI is InChI=1S/C14H21NO/c1-10-7-11(2)9-12(8-10)13-14(3,4)16-6-5-15-13/h7-9,13,15H,5-6H2,1-4H3. The summed E-state index contributed by atoms with van der Waals surface area (Å²) >= 11 is 0. The van der Waals surface area contributed by atoms with E-state index in [-0.39, 0.29) is 5.60 Å². The van der Waals surface area contributed by atoms with Gasteiger partial charge < -0.3 is 10.1 Å². The van der Waals surface area contributed by atoms with E-state index in [1.807, 2.05) is 0 Å². The van der Waals surface area contributed by atoms with Crippen LogP contribution < -0.4 is 5.32 Å². The molecule has 0 amide bonds. The largest absolute Gasteiger partial charge is 0.372 e. The number of benzene rings is 1. The fourth-order valence-electron chi connectivity index (χ4n) is 2.54. The molecule has 0 bridgehead atoms. The third kappa shape index (κ3) is 2.28. The molecule has 0 radical (unpaired) electrons. The van der Waals surface area contributed by atoms with Crippen molar-refractivity contribution in [2.45, 2.75) is 39.3 Å². The van der Waals surface area contributed by atoms with Crippen molar-refractivity contribution in [2.75, 3.05) is 13.2 Å². The van der Waals surface area contributed by atoms with E-state index in [1.165, 1.54) is 16.7 Å². The summed E-state index contributed by atoms with van der Waals surface area (Å²) in [6.45, 7) is 10.3. The van der Waals surface area contributed by atoms with Gasteiger partial charge in [-0.1, -0.05) is 29.3 Å². The van der Waals surface area contributed by atoms with Crippen molar-refractivity contribution in [1.29, 1.82) is 0 Å². The van der Waals surface area contributed by atoms with Crippen LogP contribution in [0.5, 0.6) is 0 Å². The summed E-state index contributed by atoms with van der Waals surface area (Å²) in [6, 6.07) is 7.00. The quantitative estimate of drug-likeness (QED) is 0.784. The van der Waals surface area contributed by atoms with Gasteiger partial charge in [0.25, 0.3) is 0 Å². The van der Waals surface area contributed by atoms with Gasteiger partial charge in [-0.15, -0.1) is 0 Å². The minimum Gasteiger partial charge on any atom is -0.372 e. The molecule has 88 valence electrons. The van der Waals surface area contributed by atoms with Crippen molar-refractivity contribution in [2.24, 2.45) is 0 Å². The predicted octanol–water partition coefficient (Wildman–Crippen LogP) is 2.74. The van der Waals surface area contributed by atoms with Gasteiger partial charge in [-0.05, 0) is 33.3 Å². The summed E-state index contributed by atoms with van der Waals surface area (Å²) in [5, 5.41) is 3.56. The molecule has 1 aromatic rings. The van der Waals surface area contributed by atoms with Gasteiger partial charge in [-0.2, -0.15) is 0 Å². The first kappa shape index (κ1) is 11.6. The summed E-state index contributed by atoms with van der Waals surface area (Å²) in [5.41, 5.74) is 3.84. The van der Waals surface area contributed by atoms with Crippen LogP contribution in [0.3, 0.4) is 0 Å². The van der Waals surface area contributed by atoms with Crippen LogP contribution >= 0.6 is 0 Å². The Hall–Kier alpha value is -0.860. The Kier molecular flexibility index (Phi) is 3.04. The van der Waals surface area contributed by atoms with Gasteiger partial charge in [0.15, 0.2) is 0 Å². The van der Waals surface area contributed by atoms with E-state index >= 15 is 0 Å². The molecule has 0 spiro atoms. The lowest BCUT2D eigenvalue weighted by molar-refractivity contribution is -0.0722. The zero-order valence-electron chi connectivity index (χ0n) is 10.6. The van der Waals surface area contributed by atoms with Gasteiger partial charge in [-0.25, -0.2) is 0 Å². The zero-order chi connectivity index (χ0) is 11.8. The summed E-state index contributed by atoms with van der Waals surface area (Å²) in [4.78, 5) is 0. The lowest BCUT2D eigenvalue weighted by atomic mass is 9.89. The van der Waals surface area contributed by atoms with Gasteiger partial charge in [0.1, 0.15) is 0 Å². The van der Waals surface area contributed by atoms with Crippen LogP contribution in [0.25, 0.3) is 0 Å². The summed E-state index contributed by atoms with van der Waals surface area (Å²) in [6.07, 6.45) is 0. The molecule has 1 atom stereocenters. The smallest absolute Gasteiger partial charge is 0.0821 e. The highest BCUT2D eigenvalue weighted by Gasteiger charge is 2.34. The number of ether oxygens (including phenoxy) is 1. The van der Waals surface area contributed by atoms with Crippen LogP contribution in [0.15, 0.2) is 18.2 Å². The van der Waals surface area contributed by atoms with E-state index in [9.17, 15) is 0 Å². The van der Waals surface area contributed by atoms with Crippen molar-refractivity contribution in [3.8, 4) is 0 Å². The van der Waals surface area contributed by atoms with Gasteiger partial charge >= 0.3 is 0 Å². The Labute approximate surface area is 98.0 Å². The zero-order valence-corrected chi connectivity index (χ0v) is 10.6. The maximum atomic E-state index is 5.85. The first-order valence-electron chi connectivity index (χ1n) is 5.94. The van der Waals surface area contributed by atoms with E-state index in [1.54, 1.807) is 0 Å². The number of aryl methyl sites for hydroxylation is 2. The molecule has 1 aromatic carbocycles.